The van der Waals surface area contributed by atoms with Crippen LogP contribution in [0.3, 0.4) is 0 Å². The molecule has 0 aliphatic carbocycles. The lowest BCUT2D eigenvalue weighted by Crippen LogP contribution is -2.36. The summed E-state index contributed by atoms with van der Waals surface area (Å²) in [6.45, 7) is 8.09. The standard InChI is InChI=1S/C18H27N5O8S/c1-10-7-13(22(8-10)17(25)30-18(2,3)4)15-20-19-14(29-15)12-6-5-11-9-21(12)16(24)23(11)31-32(26,27)28/h10-13H,5-9H2,1-4H3,(H,26,27,28)/t10-,11+,12-,13+/m0/s1. The van der Waals surface area contributed by atoms with Gasteiger partial charge < -0.3 is 14.1 Å². The molecule has 2 bridgehead atoms. The second-order valence-electron chi connectivity index (χ2n) is 9.48. The zero-order chi connectivity index (χ0) is 23.4. The molecule has 1 aromatic heterocycles. The van der Waals surface area contributed by atoms with E-state index < -0.39 is 46.2 Å². The fourth-order valence-corrected chi connectivity index (χ4v) is 4.79. The molecule has 4 atom stereocenters. The van der Waals surface area contributed by atoms with E-state index in [0.29, 0.717) is 30.9 Å². The van der Waals surface area contributed by atoms with Crippen LogP contribution >= 0.6 is 0 Å². The fraction of sp³-hybridized carbons (Fsp3) is 0.778. The van der Waals surface area contributed by atoms with Gasteiger partial charge in [0.05, 0.1) is 6.04 Å². The molecule has 13 nitrogen and oxygen atoms in total. The molecule has 0 radical (unpaired) electrons. The largest absolute Gasteiger partial charge is 0.444 e. The third-order valence-electron chi connectivity index (χ3n) is 5.66. The van der Waals surface area contributed by atoms with E-state index in [0.717, 1.165) is 0 Å². The molecule has 3 aliphatic rings. The van der Waals surface area contributed by atoms with E-state index in [4.69, 9.17) is 13.7 Å². The quantitative estimate of drug-likeness (QED) is 0.642. The van der Waals surface area contributed by atoms with Crippen LogP contribution < -0.4 is 0 Å². The Hall–Kier alpha value is -2.45. The highest BCUT2D eigenvalue weighted by Gasteiger charge is 2.49. The molecular formula is C18H27N5O8S. The molecule has 4 rings (SSSR count). The highest BCUT2D eigenvalue weighted by molar-refractivity contribution is 7.80. The molecule has 4 heterocycles. The summed E-state index contributed by atoms with van der Waals surface area (Å²) in [7, 11) is -4.82. The van der Waals surface area contributed by atoms with Crippen molar-refractivity contribution in [2.24, 2.45) is 5.92 Å². The van der Waals surface area contributed by atoms with Crippen LogP contribution in [0.2, 0.25) is 0 Å². The first-order valence-corrected chi connectivity index (χ1v) is 11.8. The summed E-state index contributed by atoms with van der Waals surface area (Å²) in [5, 5.41) is 8.91. The van der Waals surface area contributed by atoms with Gasteiger partial charge in [0.25, 0.3) is 0 Å². The van der Waals surface area contributed by atoms with Gasteiger partial charge in [0.1, 0.15) is 17.7 Å². The molecule has 0 saturated carbocycles. The highest BCUT2D eigenvalue weighted by Crippen LogP contribution is 2.40. The van der Waals surface area contributed by atoms with Crippen LogP contribution in [0.15, 0.2) is 4.42 Å². The molecule has 3 saturated heterocycles. The average Bonchev–Trinajstić information content (AvgIpc) is 3.34. The van der Waals surface area contributed by atoms with E-state index in [2.05, 4.69) is 14.5 Å². The van der Waals surface area contributed by atoms with Crippen LogP contribution in [0.4, 0.5) is 9.59 Å². The Morgan fingerprint density at radius 1 is 1.16 bits per heavy atom. The molecular weight excluding hydrogens is 446 g/mol. The van der Waals surface area contributed by atoms with Crippen molar-refractivity contribution in [2.75, 3.05) is 13.1 Å². The number of aromatic nitrogens is 2. The van der Waals surface area contributed by atoms with Gasteiger partial charge in [0.2, 0.25) is 11.8 Å². The van der Waals surface area contributed by atoms with E-state index in [1.807, 2.05) is 6.92 Å². The molecule has 3 fully saturated rings. The topological polar surface area (TPSA) is 156 Å². The summed E-state index contributed by atoms with van der Waals surface area (Å²) < 4.78 is 46.9. The predicted molar refractivity (Wildman–Crippen MR) is 106 cm³/mol. The van der Waals surface area contributed by atoms with Gasteiger partial charge in [0, 0.05) is 13.1 Å². The summed E-state index contributed by atoms with van der Waals surface area (Å²) in [4.78, 5) is 28.2. The number of fused-ring (bicyclic) bond motifs is 2. The molecule has 3 aliphatic heterocycles. The maximum atomic E-state index is 12.7. The molecule has 1 N–H and O–H groups in total. The third kappa shape index (κ3) is 4.52. The molecule has 0 spiro atoms. The average molecular weight is 474 g/mol. The monoisotopic (exact) mass is 473 g/mol. The van der Waals surface area contributed by atoms with Gasteiger partial charge in [-0.15, -0.1) is 14.5 Å². The molecule has 0 unspecified atom stereocenters. The number of carbonyl (C=O) groups excluding carboxylic acids is 2. The number of nitrogens with zero attached hydrogens (tertiary/aromatic N) is 5. The van der Waals surface area contributed by atoms with Crippen molar-refractivity contribution in [3.8, 4) is 0 Å². The Morgan fingerprint density at radius 3 is 2.44 bits per heavy atom. The van der Waals surface area contributed by atoms with E-state index in [-0.39, 0.29) is 24.2 Å². The normalized spacial score (nSPS) is 28.5. The lowest BCUT2D eigenvalue weighted by Gasteiger charge is -2.28. The molecule has 14 heteroatoms. The Bertz CT molecular complexity index is 1010. The first kappa shape index (κ1) is 22.7. The van der Waals surface area contributed by atoms with Gasteiger partial charge in [-0.25, -0.2) is 9.59 Å². The summed E-state index contributed by atoms with van der Waals surface area (Å²) in [6.07, 6.45) is 1.04. The number of rotatable bonds is 4. The Balaban J connectivity index is 1.51. The highest BCUT2D eigenvalue weighted by atomic mass is 32.3. The lowest BCUT2D eigenvalue weighted by atomic mass is 10.0. The van der Waals surface area contributed by atoms with Crippen molar-refractivity contribution in [1.29, 1.82) is 0 Å². The van der Waals surface area contributed by atoms with Gasteiger partial charge >= 0.3 is 22.5 Å². The SMILES string of the molecule is C[C@H]1C[C@H](c2nnc([C@@H]3CC[C@@H]4CN3C(=O)N4OS(=O)(=O)O)o2)N(C(=O)OC(C)(C)C)C1. The zero-order valence-corrected chi connectivity index (χ0v) is 19.1. The predicted octanol–water partition coefficient (Wildman–Crippen LogP) is 2.06. The summed E-state index contributed by atoms with van der Waals surface area (Å²) in [5.41, 5.74) is -0.641. The van der Waals surface area contributed by atoms with Gasteiger partial charge in [-0.1, -0.05) is 6.92 Å². The van der Waals surface area contributed by atoms with Crippen molar-refractivity contribution in [3.63, 3.8) is 0 Å². The number of piperidine rings is 1. The second-order valence-corrected chi connectivity index (χ2v) is 10.5. The van der Waals surface area contributed by atoms with E-state index in [9.17, 15) is 18.0 Å². The Labute approximate surface area is 185 Å². The van der Waals surface area contributed by atoms with Crippen LogP contribution in [-0.4, -0.2) is 74.9 Å². The van der Waals surface area contributed by atoms with Gasteiger partial charge in [-0.3, -0.25) is 9.45 Å². The molecule has 3 amide bonds. The number of carbonyl (C=O) groups is 2. The van der Waals surface area contributed by atoms with Gasteiger partial charge in [-0.05, 0) is 46.0 Å². The van der Waals surface area contributed by atoms with Gasteiger partial charge in [-0.2, -0.15) is 13.5 Å². The smallest absolute Gasteiger partial charge is 0.418 e. The first-order valence-electron chi connectivity index (χ1n) is 10.4. The number of hydrogen-bond donors (Lipinski definition) is 1. The van der Waals surface area contributed by atoms with Crippen LogP contribution in [0, 0.1) is 5.92 Å². The minimum atomic E-state index is -4.82. The maximum absolute atomic E-state index is 12.7. The Kier molecular flexibility index (Phi) is 5.57. The van der Waals surface area contributed by atoms with Crippen LogP contribution in [0.1, 0.15) is 70.8 Å². The lowest BCUT2D eigenvalue weighted by molar-refractivity contribution is -0.0317. The minimum absolute atomic E-state index is 0.196. The van der Waals surface area contributed by atoms with E-state index >= 15 is 0 Å². The maximum Gasteiger partial charge on any atom is 0.418 e. The number of urea groups is 1. The summed E-state index contributed by atoms with van der Waals surface area (Å²) >= 11 is 0. The van der Waals surface area contributed by atoms with Crippen molar-refractivity contribution in [3.05, 3.63) is 11.8 Å². The van der Waals surface area contributed by atoms with Crippen LogP contribution in [0.5, 0.6) is 0 Å². The van der Waals surface area contributed by atoms with Gasteiger partial charge in [0.15, 0.2) is 0 Å². The van der Waals surface area contributed by atoms with Crippen molar-refractivity contribution >= 4 is 22.5 Å². The summed E-state index contributed by atoms with van der Waals surface area (Å²) in [6, 6.07) is -2.23. The number of ether oxygens (including phenoxy) is 1. The second kappa shape index (κ2) is 7.85. The molecule has 32 heavy (non-hydrogen) atoms. The van der Waals surface area contributed by atoms with Crippen molar-refractivity contribution in [2.45, 2.75) is 70.7 Å². The van der Waals surface area contributed by atoms with E-state index in [1.165, 1.54) is 4.90 Å². The van der Waals surface area contributed by atoms with Crippen LogP contribution in [0.25, 0.3) is 0 Å². The fourth-order valence-electron chi connectivity index (χ4n) is 4.41. The molecule has 0 aromatic carbocycles. The Morgan fingerprint density at radius 2 is 1.81 bits per heavy atom. The number of hydroxylamine groups is 2. The molecule has 178 valence electrons. The van der Waals surface area contributed by atoms with Crippen molar-refractivity contribution < 1.29 is 36.0 Å². The van der Waals surface area contributed by atoms with E-state index in [1.54, 1.807) is 25.7 Å². The first-order chi connectivity index (χ1) is 14.8. The minimum Gasteiger partial charge on any atom is -0.444 e. The number of amides is 3. The zero-order valence-electron chi connectivity index (χ0n) is 18.3. The van der Waals surface area contributed by atoms with Crippen LogP contribution in [-0.2, 0) is 19.4 Å². The summed E-state index contributed by atoms with van der Waals surface area (Å²) in [5.74, 6) is 0.670. The number of hydrogen-bond acceptors (Lipinski definition) is 9. The third-order valence-corrected chi connectivity index (χ3v) is 6.01. The molecule has 1 aromatic rings. The van der Waals surface area contributed by atoms with Crippen molar-refractivity contribution in [1.82, 2.24) is 25.1 Å². The number of likely N-dealkylation sites (tertiary alicyclic amines) is 1.